The number of carbonyl (C=O) groups is 1. The zero-order valence-corrected chi connectivity index (χ0v) is 12.8. The Balaban J connectivity index is 1.47. The van der Waals surface area contributed by atoms with Gasteiger partial charge in [-0.1, -0.05) is 30.3 Å². The van der Waals surface area contributed by atoms with Crippen LogP contribution in [0.15, 0.2) is 42.7 Å². The minimum atomic E-state index is 0.0645. The molecule has 5 heteroatoms. The Morgan fingerprint density at radius 2 is 2.00 bits per heavy atom. The third kappa shape index (κ3) is 3.54. The molecule has 0 unspecified atom stereocenters. The van der Waals surface area contributed by atoms with Crippen LogP contribution in [0.4, 0.5) is 0 Å². The third-order valence-corrected chi connectivity index (χ3v) is 4.01. The lowest BCUT2D eigenvalue weighted by molar-refractivity contribution is -0.000380. The van der Waals surface area contributed by atoms with Gasteiger partial charge in [-0.05, 0) is 18.4 Å². The second kappa shape index (κ2) is 6.75. The first-order valence-corrected chi connectivity index (χ1v) is 7.66. The smallest absolute Gasteiger partial charge is 0.257 e. The second-order valence-electron chi connectivity index (χ2n) is 5.69. The van der Waals surface area contributed by atoms with Crippen molar-refractivity contribution in [3.63, 3.8) is 0 Å². The van der Waals surface area contributed by atoms with Crippen LogP contribution >= 0.6 is 0 Å². The fraction of sp³-hybridized carbons (Fsp3) is 0.412. The predicted molar refractivity (Wildman–Crippen MR) is 83.4 cm³/mol. The molecule has 0 N–H and O–H groups in total. The third-order valence-electron chi connectivity index (χ3n) is 4.01. The molecule has 1 aliphatic heterocycles. The number of hydrogen-bond acceptors (Lipinski definition) is 3. The van der Waals surface area contributed by atoms with Crippen molar-refractivity contribution in [3.05, 3.63) is 53.9 Å². The zero-order valence-electron chi connectivity index (χ0n) is 12.8. The molecule has 5 nitrogen and oxygen atoms in total. The highest BCUT2D eigenvalue weighted by Crippen LogP contribution is 2.17. The first-order valence-electron chi connectivity index (χ1n) is 7.66. The van der Waals surface area contributed by atoms with Crippen LogP contribution in [0.25, 0.3) is 0 Å². The molecule has 116 valence electrons. The van der Waals surface area contributed by atoms with Crippen LogP contribution in [0.1, 0.15) is 28.8 Å². The summed E-state index contributed by atoms with van der Waals surface area (Å²) in [6.07, 6.45) is 5.40. The SMILES string of the molecule is Cn1cc(C(=O)N2CCC(OCc3ccccc3)CC2)cn1. The van der Waals surface area contributed by atoms with Crippen molar-refractivity contribution in [2.24, 2.45) is 7.05 Å². The van der Waals surface area contributed by atoms with E-state index in [0.717, 1.165) is 25.9 Å². The molecule has 1 saturated heterocycles. The Hall–Kier alpha value is -2.14. The average Bonchev–Trinajstić information content (AvgIpc) is 3.00. The number of piperidine rings is 1. The van der Waals surface area contributed by atoms with Crippen molar-refractivity contribution in [1.29, 1.82) is 0 Å². The van der Waals surface area contributed by atoms with Crippen molar-refractivity contribution in [2.45, 2.75) is 25.6 Å². The van der Waals surface area contributed by atoms with Crippen LogP contribution in [-0.4, -0.2) is 39.8 Å². The van der Waals surface area contributed by atoms with E-state index in [-0.39, 0.29) is 12.0 Å². The maximum atomic E-state index is 12.3. The van der Waals surface area contributed by atoms with Crippen molar-refractivity contribution in [2.75, 3.05) is 13.1 Å². The van der Waals surface area contributed by atoms with E-state index >= 15 is 0 Å². The van der Waals surface area contributed by atoms with Gasteiger partial charge in [-0.15, -0.1) is 0 Å². The molecule has 0 bridgehead atoms. The molecule has 1 aromatic carbocycles. The molecule has 0 spiro atoms. The molecule has 3 rings (SSSR count). The highest BCUT2D eigenvalue weighted by Gasteiger charge is 2.24. The van der Waals surface area contributed by atoms with Crippen molar-refractivity contribution in [1.82, 2.24) is 14.7 Å². The number of rotatable bonds is 4. The quantitative estimate of drug-likeness (QED) is 0.870. The molecule has 1 fully saturated rings. The number of ether oxygens (including phenoxy) is 1. The number of hydrogen-bond donors (Lipinski definition) is 0. The largest absolute Gasteiger partial charge is 0.373 e. The van der Waals surface area contributed by atoms with Crippen LogP contribution in [0.5, 0.6) is 0 Å². The van der Waals surface area contributed by atoms with Crippen LogP contribution in [0, 0.1) is 0 Å². The topological polar surface area (TPSA) is 47.4 Å². The molecule has 1 amide bonds. The van der Waals surface area contributed by atoms with Gasteiger partial charge >= 0.3 is 0 Å². The van der Waals surface area contributed by atoms with Gasteiger partial charge in [0, 0.05) is 26.3 Å². The second-order valence-corrected chi connectivity index (χ2v) is 5.69. The maximum Gasteiger partial charge on any atom is 0.257 e. The predicted octanol–water partition coefficient (Wildman–Crippen LogP) is 2.24. The van der Waals surface area contributed by atoms with E-state index < -0.39 is 0 Å². The molecule has 1 aromatic heterocycles. The Labute approximate surface area is 130 Å². The Kier molecular flexibility index (Phi) is 4.53. The highest BCUT2D eigenvalue weighted by atomic mass is 16.5. The van der Waals surface area contributed by atoms with E-state index in [9.17, 15) is 4.79 Å². The van der Waals surface area contributed by atoms with Gasteiger partial charge in [0.2, 0.25) is 0 Å². The lowest BCUT2D eigenvalue weighted by Gasteiger charge is -2.31. The maximum absolute atomic E-state index is 12.3. The van der Waals surface area contributed by atoms with E-state index in [1.807, 2.05) is 30.1 Å². The summed E-state index contributed by atoms with van der Waals surface area (Å²) in [6, 6.07) is 10.2. The number of aryl methyl sites for hydroxylation is 1. The Morgan fingerprint density at radius 3 is 2.64 bits per heavy atom. The molecule has 0 saturated carbocycles. The Morgan fingerprint density at radius 1 is 1.27 bits per heavy atom. The van der Waals surface area contributed by atoms with E-state index in [1.54, 1.807) is 17.1 Å². The lowest BCUT2D eigenvalue weighted by atomic mass is 10.1. The van der Waals surface area contributed by atoms with E-state index in [4.69, 9.17) is 4.74 Å². The lowest BCUT2D eigenvalue weighted by Crippen LogP contribution is -2.40. The summed E-state index contributed by atoms with van der Waals surface area (Å²) >= 11 is 0. The molecule has 1 aliphatic rings. The summed E-state index contributed by atoms with van der Waals surface area (Å²) in [4.78, 5) is 14.2. The molecule has 2 aromatic rings. The molecule has 0 aliphatic carbocycles. The van der Waals surface area contributed by atoms with Gasteiger partial charge in [-0.3, -0.25) is 9.48 Å². The standard InChI is InChI=1S/C17H21N3O2/c1-19-12-15(11-18-19)17(21)20-9-7-16(8-10-20)22-13-14-5-3-2-4-6-14/h2-6,11-12,16H,7-10,13H2,1H3. The number of benzene rings is 1. The monoisotopic (exact) mass is 299 g/mol. The normalized spacial score (nSPS) is 16.0. The van der Waals surface area contributed by atoms with Gasteiger partial charge in [0.1, 0.15) is 0 Å². The van der Waals surface area contributed by atoms with Gasteiger partial charge in [0.15, 0.2) is 0 Å². The minimum absolute atomic E-state index is 0.0645. The summed E-state index contributed by atoms with van der Waals surface area (Å²) in [5, 5.41) is 4.05. The van der Waals surface area contributed by atoms with Crippen molar-refractivity contribution < 1.29 is 9.53 Å². The zero-order chi connectivity index (χ0) is 15.4. The Bertz CT molecular complexity index is 616. The number of likely N-dealkylation sites (tertiary alicyclic amines) is 1. The average molecular weight is 299 g/mol. The van der Waals surface area contributed by atoms with E-state index in [2.05, 4.69) is 17.2 Å². The molecule has 2 heterocycles. The summed E-state index contributed by atoms with van der Waals surface area (Å²) < 4.78 is 7.61. The summed E-state index contributed by atoms with van der Waals surface area (Å²) in [5.41, 5.74) is 1.85. The molecular formula is C17H21N3O2. The fourth-order valence-corrected chi connectivity index (χ4v) is 2.73. The van der Waals surface area contributed by atoms with Gasteiger partial charge in [-0.2, -0.15) is 5.10 Å². The summed E-state index contributed by atoms with van der Waals surface area (Å²) in [7, 11) is 1.82. The van der Waals surface area contributed by atoms with Crippen molar-refractivity contribution >= 4 is 5.91 Å². The summed E-state index contributed by atoms with van der Waals surface area (Å²) in [6.45, 7) is 2.13. The number of carbonyl (C=O) groups excluding carboxylic acids is 1. The van der Waals surface area contributed by atoms with Crippen LogP contribution < -0.4 is 0 Å². The van der Waals surface area contributed by atoms with Gasteiger partial charge in [-0.25, -0.2) is 0 Å². The molecule has 0 atom stereocenters. The van der Waals surface area contributed by atoms with Crippen LogP contribution in [-0.2, 0) is 18.4 Å². The molecular weight excluding hydrogens is 278 g/mol. The van der Waals surface area contributed by atoms with Gasteiger partial charge in [0.25, 0.3) is 5.91 Å². The van der Waals surface area contributed by atoms with Crippen molar-refractivity contribution in [3.8, 4) is 0 Å². The summed E-state index contributed by atoms with van der Waals surface area (Å²) in [5.74, 6) is 0.0645. The van der Waals surface area contributed by atoms with Crippen LogP contribution in [0.2, 0.25) is 0 Å². The van der Waals surface area contributed by atoms with Crippen LogP contribution in [0.3, 0.4) is 0 Å². The van der Waals surface area contributed by atoms with E-state index in [1.165, 1.54) is 5.56 Å². The van der Waals surface area contributed by atoms with E-state index in [0.29, 0.717) is 12.2 Å². The molecule has 22 heavy (non-hydrogen) atoms. The minimum Gasteiger partial charge on any atom is -0.373 e. The fourth-order valence-electron chi connectivity index (χ4n) is 2.73. The number of aromatic nitrogens is 2. The molecule has 0 radical (unpaired) electrons. The highest BCUT2D eigenvalue weighted by molar-refractivity contribution is 5.93. The first-order chi connectivity index (χ1) is 10.7. The number of nitrogens with zero attached hydrogens (tertiary/aromatic N) is 3. The van der Waals surface area contributed by atoms with Gasteiger partial charge < -0.3 is 9.64 Å². The number of amides is 1. The first kappa shape index (κ1) is 14.8. The van der Waals surface area contributed by atoms with Gasteiger partial charge in [0.05, 0.1) is 24.5 Å².